The molecule has 7 heteroatoms. The molecule has 2 aromatic rings. The number of fused-ring (bicyclic) bond motifs is 3. The number of amides is 2. The fourth-order valence-electron chi connectivity index (χ4n) is 3.47. The van der Waals surface area contributed by atoms with E-state index in [4.69, 9.17) is 10.2 Å². The number of furan rings is 1. The molecule has 2 aliphatic heterocycles. The lowest BCUT2D eigenvalue weighted by atomic mass is 10.00. The van der Waals surface area contributed by atoms with E-state index in [9.17, 15) is 9.59 Å². The summed E-state index contributed by atoms with van der Waals surface area (Å²) >= 11 is 0. The number of primary amides is 1. The van der Waals surface area contributed by atoms with Crippen LogP contribution >= 0.6 is 0 Å². The lowest BCUT2D eigenvalue weighted by molar-refractivity contribution is -0.112. The van der Waals surface area contributed by atoms with Crippen LogP contribution in [0.15, 0.2) is 22.9 Å². The Hall–Kier alpha value is -2.85. The van der Waals surface area contributed by atoms with Crippen molar-refractivity contribution in [1.29, 1.82) is 0 Å². The fourth-order valence-corrected chi connectivity index (χ4v) is 3.47. The predicted octanol–water partition coefficient (Wildman–Crippen LogP) is 0.0985. The van der Waals surface area contributed by atoms with E-state index in [1.54, 1.807) is 6.07 Å². The predicted molar refractivity (Wildman–Crippen MR) is 85.9 cm³/mol. The van der Waals surface area contributed by atoms with E-state index in [-0.39, 0.29) is 11.9 Å². The number of hydrogen-bond donors (Lipinski definition) is 2. The van der Waals surface area contributed by atoms with Gasteiger partial charge in [0, 0.05) is 30.4 Å². The topological polar surface area (TPSA) is 101 Å². The van der Waals surface area contributed by atoms with Gasteiger partial charge in [0.15, 0.2) is 5.58 Å². The van der Waals surface area contributed by atoms with Crippen LogP contribution in [0.1, 0.15) is 22.5 Å². The van der Waals surface area contributed by atoms with Crippen molar-refractivity contribution in [2.24, 2.45) is 11.7 Å². The third-order valence-corrected chi connectivity index (χ3v) is 4.66. The molecule has 2 aliphatic rings. The Balaban J connectivity index is 1.58. The van der Waals surface area contributed by atoms with E-state index in [2.05, 4.69) is 27.0 Å². The molecule has 4 heterocycles. The average Bonchev–Trinajstić information content (AvgIpc) is 3.27. The van der Waals surface area contributed by atoms with Gasteiger partial charge in [0.1, 0.15) is 12.0 Å². The van der Waals surface area contributed by atoms with E-state index >= 15 is 0 Å². The first-order valence-electron chi connectivity index (χ1n) is 7.82. The molecule has 3 atom stereocenters. The van der Waals surface area contributed by atoms with Gasteiger partial charge in [0.05, 0.1) is 11.8 Å². The number of aromatic nitrogens is 1. The molecule has 0 radical (unpaired) electrons. The molecule has 0 aromatic carbocycles. The van der Waals surface area contributed by atoms with Gasteiger partial charge in [-0.15, -0.1) is 0 Å². The number of nitrogens with one attached hydrogen (secondary N) is 1. The minimum atomic E-state index is -0.720. The van der Waals surface area contributed by atoms with Crippen LogP contribution in [0.25, 0.3) is 11.0 Å². The molecule has 0 aliphatic carbocycles. The second-order valence-corrected chi connectivity index (χ2v) is 6.22. The lowest BCUT2D eigenvalue weighted by Gasteiger charge is -2.22. The maximum Gasteiger partial charge on any atom is 0.293 e. The minimum Gasteiger partial charge on any atom is -0.461 e. The number of nitrogens with two attached hydrogens (primary N) is 1. The Morgan fingerprint density at radius 1 is 1.42 bits per heavy atom. The zero-order valence-electron chi connectivity index (χ0n) is 12.9. The molecular weight excluding hydrogens is 308 g/mol. The highest BCUT2D eigenvalue weighted by Gasteiger charge is 2.38. The summed E-state index contributed by atoms with van der Waals surface area (Å²) in [6, 6.07) is 1.81. The first-order valence-corrected chi connectivity index (χ1v) is 7.82. The summed E-state index contributed by atoms with van der Waals surface area (Å²) in [6.07, 6.45) is 4.04. The Kier molecular flexibility index (Phi) is 3.47. The van der Waals surface area contributed by atoms with E-state index in [1.807, 2.05) is 0 Å². The third-order valence-electron chi connectivity index (χ3n) is 4.66. The number of nitrogens with zero attached hydrogens (tertiary/aromatic N) is 2. The zero-order valence-corrected chi connectivity index (χ0v) is 12.9. The molecule has 4 rings (SSSR count). The van der Waals surface area contributed by atoms with E-state index in [1.165, 1.54) is 12.5 Å². The summed E-state index contributed by atoms with van der Waals surface area (Å²) in [7, 11) is 0. The monoisotopic (exact) mass is 324 g/mol. The van der Waals surface area contributed by atoms with Crippen molar-refractivity contribution in [2.75, 3.05) is 19.6 Å². The highest BCUT2D eigenvalue weighted by atomic mass is 16.3. The van der Waals surface area contributed by atoms with Crippen molar-refractivity contribution in [3.05, 3.63) is 29.8 Å². The molecule has 2 unspecified atom stereocenters. The van der Waals surface area contributed by atoms with Gasteiger partial charge in [-0.1, -0.05) is 5.92 Å². The highest BCUT2D eigenvalue weighted by molar-refractivity contribution is 5.98. The van der Waals surface area contributed by atoms with Crippen LogP contribution < -0.4 is 11.1 Å². The molecule has 3 N–H and O–H groups in total. The SMILES string of the molecule is NC(=O)C#Cc1coc2cnc(C(=O)NC3CN4CC[C@H]3C4)cc12. The lowest BCUT2D eigenvalue weighted by Crippen LogP contribution is -2.43. The van der Waals surface area contributed by atoms with Crippen molar-refractivity contribution in [1.82, 2.24) is 15.2 Å². The smallest absolute Gasteiger partial charge is 0.293 e. The maximum atomic E-state index is 12.5. The maximum absolute atomic E-state index is 12.5. The van der Waals surface area contributed by atoms with Crippen LogP contribution in [0.5, 0.6) is 0 Å². The molecule has 2 saturated heterocycles. The van der Waals surface area contributed by atoms with E-state index < -0.39 is 5.91 Å². The number of hydrogen-bond acceptors (Lipinski definition) is 5. The first-order chi connectivity index (χ1) is 11.6. The van der Waals surface area contributed by atoms with Gasteiger partial charge in [-0.05, 0) is 24.9 Å². The quantitative estimate of drug-likeness (QED) is 0.763. The number of rotatable bonds is 2. The summed E-state index contributed by atoms with van der Waals surface area (Å²) in [6.45, 7) is 3.09. The van der Waals surface area contributed by atoms with Gasteiger partial charge in [0.2, 0.25) is 0 Å². The second-order valence-electron chi connectivity index (χ2n) is 6.22. The Labute approximate surface area is 138 Å². The summed E-state index contributed by atoms with van der Waals surface area (Å²) in [5.41, 5.74) is 6.35. The largest absolute Gasteiger partial charge is 0.461 e. The summed E-state index contributed by atoms with van der Waals surface area (Å²) in [5.74, 6) is 4.52. The van der Waals surface area contributed by atoms with Gasteiger partial charge in [0.25, 0.3) is 11.8 Å². The zero-order chi connectivity index (χ0) is 16.7. The number of carbonyl (C=O) groups is 2. The molecule has 122 valence electrons. The van der Waals surface area contributed by atoms with Crippen LogP contribution in [-0.4, -0.2) is 47.4 Å². The Bertz CT molecular complexity index is 892. The van der Waals surface area contributed by atoms with Crippen molar-refractivity contribution in [3.8, 4) is 11.8 Å². The average molecular weight is 324 g/mol. The van der Waals surface area contributed by atoms with Crippen LogP contribution in [0, 0.1) is 17.8 Å². The normalized spacial score (nSPS) is 24.6. The van der Waals surface area contributed by atoms with E-state index in [0.29, 0.717) is 28.1 Å². The minimum absolute atomic E-state index is 0.183. The van der Waals surface area contributed by atoms with Gasteiger partial charge in [-0.25, -0.2) is 4.98 Å². The van der Waals surface area contributed by atoms with Crippen molar-refractivity contribution in [3.63, 3.8) is 0 Å². The van der Waals surface area contributed by atoms with Gasteiger partial charge < -0.3 is 20.4 Å². The van der Waals surface area contributed by atoms with Crippen molar-refractivity contribution in [2.45, 2.75) is 12.5 Å². The standard InChI is InChI=1S/C17H16N4O3/c18-16(22)2-1-11-9-24-15-6-19-13(5-12(11)15)17(23)20-14-8-21-4-3-10(14)7-21/h5-6,9-10,14H,3-4,7-8H2,(H2,18,22)(H,20,23)/t10-,14?/m0/s1. The van der Waals surface area contributed by atoms with Gasteiger partial charge in [-0.2, -0.15) is 0 Å². The van der Waals surface area contributed by atoms with Gasteiger partial charge in [-0.3, -0.25) is 9.59 Å². The molecule has 7 nitrogen and oxygen atoms in total. The van der Waals surface area contributed by atoms with Crippen molar-refractivity contribution >= 4 is 22.8 Å². The molecule has 0 spiro atoms. The summed E-state index contributed by atoms with van der Waals surface area (Å²) in [5, 5.41) is 3.71. The molecule has 2 fully saturated rings. The molecule has 0 saturated carbocycles. The molecule has 2 bridgehead atoms. The number of carbonyl (C=O) groups excluding carboxylic acids is 2. The molecule has 2 amide bonds. The third kappa shape index (κ3) is 2.61. The van der Waals surface area contributed by atoms with Crippen LogP contribution in [-0.2, 0) is 4.79 Å². The highest BCUT2D eigenvalue weighted by Crippen LogP contribution is 2.28. The molecule has 2 aromatic heterocycles. The molecule has 24 heavy (non-hydrogen) atoms. The second kappa shape index (κ2) is 5.65. The summed E-state index contributed by atoms with van der Waals surface area (Å²) in [4.78, 5) is 29.8. The van der Waals surface area contributed by atoms with Crippen molar-refractivity contribution < 1.29 is 14.0 Å². The fraction of sp³-hybridized carbons (Fsp3) is 0.353. The summed E-state index contributed by atoms with van der Waals surface area (Å²) < 4.78 is 5.33. The van der Waals surface area contributed by atoms with E-state index in [0.717, 1.165) is 26.1 Å². The Morgan fingerprint density at radius 2 is 2.29 bits per heavy atom. The Morgan fingerprint density at radius 3 is 3.00 bits per heavy atom. The number of piperidine rings is 1. The van der Waals surface area contributed by atoms with Crippen LogP contribution in [0.3, 0.4) is 0 Å². The number of pyridine rings is 1. The molecular formula is C17H16N4O3. The van der Waals surface area contributed by atoms with Crippen LogP contribution in [0.4, 0.5) is 0 Å². The first kappa shape index (κ1) is 14.7. The van der Waals surface area contributed by atoms with Crippen LogP contribution in [0.2, 0.25) is 0 Å². The van der Waals surface area contributed by atoms with Gasteiger partial charge >= 0.3 is 0 Å².